The number of carbonyl (C=O) groups is 2. The van der Waals surface area contributed by atoms with Crippen LogP contribution in [0.15, 0.2) is 48.5 Å². The highest BCUT2D eigenvalue weighted by Crippen LogP contribution is 2.28. The number of para-hydroxylation sites is 1. The van der Waals surface area contributed by atoms with Gasteiger partial charge in [-0.3, -0.25) is 4.79 Å². The Morgan fingerprint density at radius 3 is 2.39 bits per heavy atom. The van der Waals surface area contributed by atoms with Crippen molar-refractivity contribution in [2.24, 2.45) is 0 Å². The molecule has 2 aliphatic heterocycles. The molecule has 1 spiro atoms. The van der Waals surface area contributed by atoms with Gasteiger partial charge in [-0.2, -0.15) is 0 Å². The predicted molar refractivity (Wildman–Crippen MR) is 122 cm³/mol. The van der Waals surface area contributed by atoms with Gasteiger partial charge < -0.3 is 34.1 Å². The summed E-state index contributed by atoms with van der Waals surface area (Å²) in [5.41, 5.74) is 0.712. The third kappa shape index (κ3) is 6.18. The highest BCUT2D eigenvalue weighted by molar-refractivity contribution is 5.97. The van der Waals surface area contributed by atoms with Gasteiger partial charge in [-0.05, 0) is 42.8 Å². The Morgan fingerprint density at radius 2 is 1.67 bits per heavy atom. The number of morpholine rings is 1. The fourth-order valence-electron chi connectivity index (χ4n) is 4.15. The zero-order valence-electron chi connectivity index (χ0n) is 19.5. The average molecular weight is 509 g/mol. The minimum atomic E-state index is -4.80. The van der Waals surface area contributed by atoms with Crippen molar-refractivity contribution in [3.63, 3.8) is 0 Å². The van der Waals surface area contributed by atoms with E-state index in [0.717, 1.165) is 12.1 Å². The highest BCUT2D eigenvalue weighted by atomic mass is 19.4. The summed E-state index contributed by atoms with van der Waals surface area (Å²) >= 11 is 0. The zero-order valence-corrected chi connectivity index (χ0v) is 19.5. The van der Waals surface area contributed by atoms with Crippen molar-refractivity contribution < 1.29 is 41.7 Å². The van der Waals surface area contributed by atoms with Crippen LogP contribution in [0, 0.1) is 0 Å². The van der Waals surface area contributed by atoms with E-state index in [0.29, 0.717) is 43.1 Å². The van der Waals surface area contributed by atoms with E-state index in [1.807, 2.05) is 0 Å². The summed E-state index contributed by atoms with van der Waals surface area (Å²) in [6.45, 7) is 1.43. The number of ether oxygens (including phenoxy) is 4. The van der Waals surface area contributed by atoms with Crippen LogP contribution >= 0.6 is 0 Å². The Hall–Kier alpha value is -3.51. The second-order valence-corrected chi connectivity index (χ2v) is 8.31. The van der Waals surface area contributed by atoms with Crippen molar-refractivity contribution in [3.8, 4) is 11.5 Å². The summed E-state index contributed by atoms with van der Waals surface area (Å²) in [5.74, 6) is -1.38. The Kier molecular flexibility index (Phi) is 7.55. The molecule has 2 saturated heterocycles. The van der Waals surface area contributed by atoms with Crippen molar-refractivity contribution >= 4 is 17.6 Å². The molecule has 2 aromatic carbocycles. The van der Waals surface area contributed by atoms with E-state index < -0.39 is 23.9 Å². The number of hydrogen-bond donors (Lipinski definition) is 1. The van der Waals surface area contributed by atoms with Gasteiger partial charge >= 0.3 is 12.4 Å². The van der Waals surface area contributed by atoms with E-state index in [2.05, 4.69) is 10.1 Å². The molecule has 9 nitrogen and oxygen atoms in total. The zero-order chi connectivity index (χ0) is 25.8. The van der Waals surface area contributed by atoms with Crippen LogP contribution in [-0.4, -0.2) is 80.4 Å². The minimum Gasteiger partial charge on any atom is -0.496 e. The number of alkyl halides is 3. The first-order chi connectivity index (χ1) is 17.2. The number of carbonyl (C=O) groups excluding carboxylic acids is 2. The van der Waals surface area contributed by atoms with Crippen molar-refractivity contribution in [2.75, 3.05) is 51.8 Å². The quantitative estimate of drug-likeness (QED) is 0.676. The molecule has 0 aliphatic carbocycles. The molecule has 2 aliphatic rings. The molecule has 2 heterocycles. The Bertz CT molecular complexity index is 1080. The maximum absolute atomic E-state index is 13.2. The van der Waals surface area contributed by atoms with Crippen LogP contribution < -0.4 is 14.8 Å². The molecule has 1 unspecified atom stereocenters. The van der Waals surface area contributed by atoms with Crippen LogP contribution in [0.4, 0.5) is 23.7 Å². The fourth-order valence-corrected chi connectivity index (χ4v) is 4.15. The number of hydrogen-bond acceptors (Lipinski definition) is 6. The molecular weight excluding hydrogens is 483 g/mol. The lowest BCUT2D eigenvalue weighted by molar-refractivity contribution is -0.274. The number of anilines is 1. The number of amides is 3. The largest absolute Gasteiger partial charge is 0.573 e. The first-order valence-electron chi connectivity index (χ1n) is 11.3. The molecule has 1 atom stereocenters. The van der Waals surface area contributed by atoms with Crippen molar-refractivity contribution in [3.05, 3.63) is 54.1 Å². The number of rotatable bonds is 4. The number of nitrogens with one attached hydrogen (secondary N) is 1. The number of urea groups is 1. The smallest absolute Gasteiger partial charge is 0.496 e. The highest BCUT2D eigenvalue weighted by Gasteiger charge is 2.43. The summed E-state index contributed by atoms with van der Waals surface area (Å²) in [6, 6.07) is 11.3. The molecular formula is C24H26F3N3O6. The van der Waals surface area contributed by atoms with E-state index in [1.165, 1.54) is 24.1 Å². The van der Waals surface area contributed by atoms with Gasteiger partial charge in [0.2, 0.25) is 5.79 Å². The number of nitrogens with zero attached hydrogens (tertiary/aromatic N) is 2. The molecule has 3 amide bonds. The van der Waals surface area contributed by atoms with Crippen LogP contribution in [0.2, 0.25) is 0 Å². The minimum absolute atomic E-state index is 0.0593. The monoisotopic (exact) mass is 509 g/mol. The molecule has 0 bridgehead atoms. The van der Waals surface area contributed by atoms with Gasteiger partial charge in [-0.25, -0.2) is 4.79 Å². The molecule has 36 heavy (non-hydrogen) atoms. The van der Waals surface area contributed by atoms with E-state index in [9.17, 15) is 22.8 Å². The van der Waals surface area contributed by atoms with E-state index in [1.54, 1.807) is 29.2 Å². The van der Waals surface area contributed by atoms with E-state index in [-0.39, 0.29) is 25.6 Å². The van der Waals surface area contributed by atoms with E-state index >= 15 is 0 Å². The van der Waals surface area contributed by atoms with Crippen LogP contribution in [-0.2, 0) is 9.47 Å². The lowest BCUT2D eigenvalue weighted by Crippen LogP contribution is -2.60. The predicted octanol–water partition coefficient (Wildman–Crippen LogP) is 3.72. The first kappa shape index (κ1) is 25.6. The Morgan fingerprint density at radius 1 is 0.972 bits per heavy atom. The fraction of sp³-hybridized carbons (Fsp3) is 0.417. The maximum atomic E-state index is 13.2. The second-order valence-electron chi connectivity index (χ2n) is 8.31. The maximum Gasteiger partial charge on any atom is 0.573 e. The molecule has 194 valence electrons. The number of methoxy groups -OCH3 is 1. The summed E-state index contributed by atoms with van der Waals surface area (Å²) < 4.78 is 58.2. The lowest BCUT2D eigenvalue weighted by atomic mass is 10.1. The van der Waals surface area contributed by atoms with Crippen molar-refractivity contribution in [2.45, 2.75) is 18.6 Å². The van der Waals surface area contributed by atoms with E-state index in [4.69, 9.17) is 14.2 Å². The average Bonchev–Trinajstić information content (AvgIpc) is 3.06. The Labute approximate surface area is 205 Å². The van der Waals surface area contributed by atoms with Crippen LogP contribution in [0.3, 0.4) is 0 Å². The SMILES string of the molecule is COc1ccccc1C(=O)N1CCOC2(CN(C(=O)Nc3ccc(OC(F)(F)F)cc3)CCCO2)C1. The van der Waals surface area contributed by atoms with Gasteiger partial charge in [0.25, 0.3) is 5.91 Å². The molecule has 0 saturated carbocycles. The third-order valence-electron chi connectivity index (χ3n) is 5.78. The van der Waals surface area contributed by atoms with Crippen LogP contribution in [0.5, 0.6) is 11.5 Å². The standard InChI is InChI=1S/C24H26F3N3O6/c1-33-20-6-3-2-5-19(20)21(31)29-12-14-35-23(15-29)16-30(11-4-13-34-23)22(32)28-17-7-9-18(10-8-17)36-24(25,26)27/h2-3,5-10H,4,11-16H2,1H3,(H,28,32). The van der Waals surface area contributed by atoms with Crippen molar-refractivity contribution in [1.82, 2.24) is 9.80 Å². The van der Waals surface area contributed by atoms with Gasteiger partial charge in [0.15, 0.2) is 0 Å². The summed E-state index contributed by atoms with van der Waals surface area (Å²) in [6.07, 6.45) is -4.26. The molecule has 0 aromatic heterocycles. The molecule has 4 rings (SSSR count). The summed E-state index contributed by atoms with van der Waals surface area (Å²) in [5, 5.41) is 2.67. The molecule has 2 fully saturated rings. The third-order valence-corrected chi connectivity index (χ3v) is 5.78. The van der Waals surface area contributed by atoms with Gasteiger partial charge in [0.05, 0.1) is 39.0 Å². The van der Waals surface area contributed by atoms with Crippen LogP contribution in [0.25, 0.3) is 0 Å². The molecule has 12 heteroatoms. The van der Waals surface area contributed by atoms with Gasteiger partial charge in [0, 0.05) is 18.8 Å². The molecule has 1 N–H and O–H groups in total. The first-order valence-corrected chi connectivity index (χ1v) is 11.3. The van der Waals surface area contributed by atoms with Gasteiger partial charge in [-0.1, -0.05) is 12.1 Å². The second kappa shape index (κ2) is 10.6. The molecule has 0 radical (unpaired) electrons. The van der Waals surface area contributed by atoms with Gasteiger partial charge in [0.1, 0.15) is 11.5 Å². The van der Waals surface area contributed by atoms with Crippen LogP contribution in [0.1, 0.15) is 16.8 Å². The summed E-state index contributed by atoms with van der Waals surface area (Å²) in [7, 11) is 1.49. The lowest BCUT2D eigenvalue weighted by Gasteiger charge is -2.43. The number of benzene rings is 2. The van der Waals surface area contributed by atoms with Gasteiger partial charge in [-0.15, -0.1) is 13.2 Å². The Balaban J connectivity index is 1.43. The normalized spacial score (nSPS) is 20.6. The summed E-state index contributed by atoms with van der Waals surface area (Å²) in [4.78, 5) is 29.3. The molecule has 2 aromatic rings. The van der Waals surface area contributed by atoms with Crippen molar-refractivity contribution in [1.29, 1.82) is 0 Å². The number of halogens is 3. The topological polar surface area (TPSA) is 89.6 Å².